The Hall–Kier alpha value is -0.450. The first-order valence-corrected chi connectivity index (χ1v) is 6.53. The summed E-state index contributed by atoms with van der Waals surface area (Å²) in [6, 6.07) is 4.99. The smallest absolute Gasteiger partial charge is 0.137 e. The van der Waals surface area contributed by atoms with E-state index in [1.165, 1.54) is 6.07 Å². The molecule has 2 atom stereocenters. The van der Waals surface area contributed by atoms with Crippen molar-refractivity contribution in [2.75, 3.05) is 13.2 Å². The zero-order valence-corrected chi connectivity index (χ0v) is 11.3. The molecule has 1 aliphatic heterocycles. The van der Waals surface area contributed by atoms with Crippen LogP contribution in [0.3, 0.4) is 0 Å². The minimum absolute atomic E-state index is 0.0383. The summed E-state index contributed by atoms with van der Waals surface area (Å²) in [5.74, 6) is -0.262. The maximum Gasteiger partial charge on any atom is 0.137 e. The average molecular weight is 303 g/mol. The van der Waals surface area contributed by atoms with Crippen LogP contribution in [-0.2, 0) is 11.2 Å². The minimum Gasteiger partial charge on any atom is -0.396 e. The molecule has 0 aliphatic carbocycles. The van der Waals surface area contributed by atoms with Crippen LogP contribution in [0.15, 0.2) is 22.7 Å². The van der Waals surface area contributed by atoms with Gasteiger partial charge in [0, 0.05) is 12.0 Å². The van der Waals surface area contributed by atoms with Gasteiger partial charge < -0.3 is 9.84 Å². The van der Waals surface area contributed by atoms with E-state index < -0.39 is 0 Å². The van der Waals surface area contributed by atoms with Gasteiger partial charge in [-0.2, -0.15) is 0 Å². The van der Waals surface area contributed by atoms with Gasteiger partial charge in [-0.15, -0.1) is 0 Å². The summed E-state index contributed by atoms with van der Waals surface area (Å²) in [7, 11) is 0. The van der Waals surface area contributed by atoms with E-state index in [-0.39, 0.29) is 23.9 Å². The Morgan fingerprint density at radius 2 is 2.35 bits per heavy atom. The van der Waals surface area contributed by atoms with Gasteiger partial charge in [-0.25, -0.2) is 4.39 Å². The van der Waals surface area contributed by atoms with Gasteiger partial charge in [0.15, 0.2) is 0 Å². The van der Waals surface area contributed by atoms with E-state index in [4.69, 9.17) is 4.74 Å². The van der Waals surface area contributed by atoms with Crippen molar-refractivity contribution < 1.29 is 14.2 Å². The van der Waals surface area contributed by atoms with Crippen LogP contribution in [0.2, 0.25) is 0 Å². The van der Waals surface area contributed by atoms with Gasteiger partial charge in [0.25, 0.3) is 0 Å². The van der Waals surface area contributed by atoms with E-state index in [2.05, 4.69) is 15.9 Å². The highest BCUT2D eigenvalue weighted by molar-refractivity contribution is 9.10. The molecule has 1 aromatic carbocycles. The van der Waals surface area contributed by atoms with Crippen molar-refractivity contribution in [2.45, 2.75) is 25.9 Å². The third kappa shape index (κ3) is 2.54. The Morgan fingerprint density at radius 3 is 2.88 bits per heavy atom. The number of rotatable bonds is 3. The van der Waals surface area contributed by atoms with Gasteiger partial charge in [-0.3, -0.25) is 0 Å². The molecule has 0 saturated carbocycles. The normalized spacial score (nSPS) is 28.6. The maximum atomic E-state index is 13.1. The molecule has 1 saturated heterocycles. The summed E-state index contributed by atoms with van der Waals surface area (Å²) < 4.78 is 19.2. The molecule has 1 aliphatic rings. The zero-order chi connectivity index (χ0) is 12.5. The summed E-state index contributed by atoms with van der Waals surface area (Å²) >= 11 is 3.18. The van der Waals surface area contributed by atoms with E-state index in [0.717, 1.165) is 12.0 Å². The lowest BCUT2D eigenvalue weighted by Gasteiger charge is -2.30. The van der Waals surface area contributed by atoms with Gasteiger partial charge in [0.1, 0.15) is 5.82 Å². The first-order chi connectivity index (χ1) is 8.07. The van der Waals surface area contributed by atoms with Crippen molar-refractivity contribution in [3.8, 4) is 0 Å². The van der Waals surface area contributed by atoms with Crippen LogP contribution in [-0.4, -0.2) is 24.4 Å². The number of hydrogen-bond acceptors (Lipinski definition) is 2. The molecule has 0 spiro atoms. The quantitative estimate of drug-likeness (QED) is 0.930. The van der Waals surface area contributed by atoms with Crippen molar-refractivity contribution in [2.24, 2.45) is 5.41 Å². The van der Waals surface area contributed by atoms with E-state index in [9.17, 15) is 9.50 Å². The lowest BCUT2D eigenvalue weighted by atomic mass is 9.77. The van der Waals surface area contributed by atoms with Crippen molar-refractivity contribution >= 4 is 15.9 Å². The molecule has 0 aromatic heterocycles. The van der Waals surface area contributed by atoms with Gasteiger partial charge in [0.05, 0.1) is 17.2 Å². The molecule has 0 radical (unpaired) electrons. The van der Waals surface area contributed by atoms with E-state index in [0.29, 0.717) is 17.5 Å². The molecule has 17 heavy (non-hydrogen) atoms. The van der Waals surface area contributed by atoms with E-state index in [1.54, 1.807) is 12.1 Å². The number of ether oxygens (including phenoxy) is 1. The fraction of sp³-hybridized carbons (Fsp3) is 0.538. The molecule has 2 nitrogen and oxygen atoms in total. The van der Waals surface area contributed by atoms with Gasteiger partial charge >= 0.3 is 0 Å². The highest BCUT2D eigenvalue weighted by Crippen LogP contribution is 2.38. The number of halogens is 2. The first kappa shape index (κ1) is 13.0. The monoisotopic (exact) mass is 302 g/mol. The van der Waals surface area contributed by atoms with Crippen LogP contribution in [0.25, 0.3) is 0 Å². The Balaban J connectivity index is 2.21. The highest BCUT2D eigenvalue weighted by Gasteiger charge is 2.41. The predicted molar refractivity (Wildman–Crippen MR) is 67.4 cm³/mol. The van der Waals surface area contributed by atoms with Crippen LogP contribution >= 0.6 is 15.9 Å². The SMILES string of the molecule is CC1OCCC1(CO)Cc1ccc(F)c(Br)c1. The Bertz CT molecular complexity index is 410. The molecule has 0 amide bonds. The largest absolute Gasteiger partial charge is 0.396 e. The predicted octanol–water partition coefficient (Wildman–Crippen LogP) is 2.92. The molecule has 1 aromatic rings. The van der Waals surface area contributed by atoms with Crippen LogP contribution in [0.4, 0.5) is 4.39 Å². The third-order valence-electron chi connectivity index (χ3n) is 3.69. The van der Waals surface area contributed by atoms with Crippen molar-refractivity contribution in [3.05, 3.63) is 34.1 Å². The Kier molecular flexibility index (Phi) is 3.85. The second kappa shape index (κ2) is 5.04. The lowest BCUT2D eigenvalue weighted by molar-refractivity contribution is 0.0272. The van der Waals surface area contributed by atoms with Crippen LogP contribution in [0, 0.1) is 11.2 Å². The topological polar surface area (TPSA) is 29.5 Å². The molecule has 4 heteroatoms. The van der Waals surface area contributed by atoms with Crippen molar-refractivity contribution in [1.82, 2.24) is 0 Å². The summed E-state index contributed by atoms with van der Waals surface area (Å²) in [5.41, 5.74) is 0.793. The molecule has 2 rings (SSSR count). The molecule has 0 bridgehead atoms. The number of benzene rings is 1. The fourth-order valence-electron chi connectivity index (χ4n) is 2.37. The maximum absolute atomic E-state index is 13.1. The molecule has 1 heterocycles. The Morgan fingerprint density at radius 1 is 1.59 bits per heavy atom. The van der Waals surface area contributed by atoms with Crippen LogP contribution in [0.1, 0.15) is 18.9 Å². The third-order valence-corrected chi connectivity index (χ3v) is 4.29. The number of hydrogen-bond donors (Lipinski definition) is 1. The molecule has 1 fully saturated rings. The van der Waals surface area contributed by atoms with E-state index in [1.807, 2.05) is 6.92 Å². The van der Waals surface area contributed by atoms with Gasteiger partial charge in [-0.05, 0) is 53.4 Å². The minimum atomic E-state index is -0.262. The van der Waals surface area contributed by atoms with E-state index >= 15 is 0 Å². The van der Waals surface area contributed by atoms with Crippen LogP contribution in [0.5, 0.6) is 0 Å². The standard InChI is InChI=1S/C13H16BrFO2/c1-9-13(8-16,4-5-17-9)7-10-2-3-12(15)11(14)6-10/h2-3,6,9,16H,4-5,7-8H2,1H3. The summed E-state index contributed by atoms with van der Waals surface area (Å²) in [5, 5.41) is 9.61. The second-order valence-electron chi connectivity index (χ2n) is 4.71. The lowest BCUT2D eigenvalue weighted by Crippen LogP contribution is -2.35. The first-order valence-electron chi connectivity index (χ1n) is 5.74. The summed E-state index contributed by atoms with van der Waals surface area (Å²) in [6.45, 7) is 2.77. The molecule has 94 valence electrons. The molecular weight excluding hydrogens is 287 g/mol. The highest BCUT2D eigenvalue weighted by atomic mass is 79.9. The number of aliphatic hydroxyl groups excluding tert-OH is 1. The molecule has 2 unspecified atom stereocenters. The van der Waals surface area contributed by atoms with Gasteiger partial charge in [0.2, 0.25) is 0 Å². The zero-order valence-electron chi connectivity index (χ0n) is 9.75. The van der Waals surface area contributed by atoms with Crippen LogP contribution < -0.4 is 0 Å². The second-order valence-corrected chi connectivity index (χ2v) is 5.56. The summed E-state index contributed by atoms with van der Waals surface area (Å²) in [4.78, 5) is 0. The summed E-state index contributed by atoms with van der Waals surface area (Å²) in [6.07, 6.45) is 1.60. The molecular formula is C13H16BrFO2. The number of aliphatic hydroxyl groups is 1. The van der Waals surface area contributed by atoms with Crippen molar-refractivity contribution in [3.63, 3.8) is 0 Å². The average Bonchev–Trinajstić information content (AvgIpc) is 2.66. The van der Waals surface area contributed by atoms with Gasteiger partial charge in [-0.1, -0.05) is 6.07 Å². The molecule has 1 N–H and O–H groups in total. The van der Waals surface area contributed by atoms with Crippen molar-refractivity contribution in [1.29, 1.82) is 0 Å². The fourth-order valence-corrected chi connectivity index (χ4v) is 2.80. The Labute approximate surface area is 109 Å².